The maximum atomic E-state index is 3.86. The van der Waals surface area contributed by atoms with Gasteiger partial charge in [0.15, 0.2) is 0 Å². The van der Waals surface area contributed by atoms with Gasteiger partial charge in [0.2, 0.25) is 0 Å². The van der Waals surface area contributed by atoms with Gasteiger partial charge in [-0.1, -0.05) is 12.8 Å². The number of hydrogen-bond acceptors (Lipinski definition) is 2. The van der Waals surface area contributed by atoms with Crippen molar-refractivity contribution in [2.75, 3.05) is 5.75 Å². The van der Waals surface area contributed by atoms with Crippen LogP contribution in [0.4, 0.5) is 0 Å². The highest BCUT2D eigenvalue weighted by Gasteiger charge is 2.50. The molecule has 0 amide bonds. The van der Waals surface area contributed by atoms with Gasteiger partial charge in [-0.05, 0) is 38.0 Å². The van der Waals surface area contributed by atoms with Crippen LogP contribution in [-0.2, 0) is 0 Å². The minimum Gasteiger partial charge on any atom is -0.299 e. The Balaban J connectivity index is 0.000000750. The second kappa shape index (κ2) is 3.88. The van der Waals surface area contributed by atoms with Crippen LogP contribution in [-0.4, -0.2) is 16.7 Å². The molecule has 14 heavy (non-hydrogen) atoms. The van der Waals surface area contributed by atoms with E-state index in [4.69, 9.17) is 0 Å². The molecule has 4 aliphatic rings. The molecule has 0 aromatic rings. The SMILES string of the molecule is CC1NC2(CS1)CC1CCC2CC1.Cl. The maximum absolute atomic E-state index is 3.86. The van der Waals surface area contributed by atoms with Crippen molar-refractivity contribution in [2.24, 2.45) is 11.8 Å². The lowest BCUT2D eigenvalue weighted by Gasteiger charge is -2.50. The molecule has 1 saturated heterocycles. The van der Waals surface area contributed by atoms with E-state index in [1.165, 1.54) is 37.9 Å². The molecule has 4 rings (SSSR count). The quantitative estimate of drug-likeness (QED) is 0.691. The Morgan fingerprint density at radius 3 is 2.36 bits per heavy atom. The standard InChI is InChI=1S/C11H19NS.ClH/c1-8-12-11(7-13-8)6-9-2-4-10(11)5-3-9;/h8-10,12H,2-7H2,1H3;1H. The zero-order valence-corrected chi connectivity index (χ0v) is 10.4. The van der Waals surface area contributed by atoms with Crippen LogP contribution in [0.2, 0.25) is 0 Å². The fourth-order valence-corrected chi connectivity index (χ4v) is 5.02. The third kappa shape index (κ3) is 1.60. The van der Waals surface area contributed by atoms with Gasteiger partial charge in [0.1, 0.15) is 0 Å². The number of thioether (sulfide) groups is 1. The van der Waals surface area contributed by atoms with Crippen molar-refractivity contribution < 1.29 is 0 Å². The minimum atomic E-state index is 0. The van der Waals surface area contributed by atoms with Crippen molar-refractivity contribution in [3.05, 3.63) is 0 Å². The molecule has 3 heteroatoms. The molecule has 2 atom stereocenters. The van der Waals surface area contributed by atoms with Gasteiger partial charge in [-0.3, -0.25) is 5.32 Å². The monoisotopic (exact) mass is 233 g/mol. The van der Waals surface area contributed by atoms with Crippen LogP contribution < -0.4 is 5.32 Å². The van der Waals surface area contributed by atoms with Gasteiger partial charge in [0.25, 0.3) is 0 Å². The molecule has 1 heterocycles. The van der Waals surface area contributed by atoms with Crippen molar-refractivity contribution >= 4 is 24.2 Å². The number of halogens is 1. The molecule has 3 aliphatic carbocycles. The summed E-state index contributed by atoms with van der Waals surface area (Å²) in [5.41, 5.74) is 0.575. The second-order valence-corrected chi connectivity index (χ2v) is 6.50. The molecule has 2 bridgehead atoms. The van der Waals surface area contributed by atoms with E-state index in [-0.39, 0.29) is 12.4 Å². The Morgan fingerprint density at radius 1 is 1.21 bits per heavy atom. The minimum absolute atomic E-state index is 0. The molecule has 3 saturated carbocycles. The summed E-state index contributed by atoms with van der Waals surface area (Å²) in [7, 11) is 0. The van der Waals surface area contributed by atoms with Gasteiger partial charge in [-0.15, -0.1) is 24.2 Å². The van der Waals surface area contributed by atoms with E-state index in [9.17, 15) is 0 Å². The number of rotatable bonds is 0. The summed E-state index contributed by atoms with van der Waals surface area (Å²) in [5.74, 6) is 3.45. The first-order valence-corrected chi connectivity index (χ1v) is 6.73. The normalized spacial score (nSPS) is 50.8. The lowest BCUT2D eigenvalue weighted by atomic mass is 9.61. The van der Waals surface area contributed by atoms with Gasteiger partial charge in [0.05, 0.1) is 5.37 Å². The van der Waals surface area contributed by atoms with Gasteiger partial charge in [-0.25, -0.2) is 0 Å². The smallest absolute Gasteiger partial charge is 0.0508 e. The summed E-state index contributed by atoms with van der Waals surface area (Å²) in [6, 6.07) is 0. The zero-order chi connectivity index (χ0) is 8.89. The summed E-state index contributed by atoms with van der Waals surface area (Å²) >= 11 is 2.13. The summed E-state index contributed by atoms with van der Waals surface area (Å²) in [6.45, 7) is 2.32. The van der Waals surface area contributed by atoms with E-state index < -0.39 is 0 Å². The lowest BCUT2D eigenvalue weighted by molar-refractivity contribution is 0.0624. The second-order valence-electron chi connectivity index (χ2n) is 5.18. The van der Waals surface area contributed by atoms with E-state index in [1.54, 1.807) is 0 Å². The third-order valence-corrected chi connectivity index (χ3v) is 5.66. The molecule has 1 aliphatic heterocycles. The molecule has 0 radical (unpaired) electrons. The highest BCUT2D eigenvalue weighted by atomic mass is 35.5. The molecule has 1 nitrogen and oxygen atoms in total. The van der Waals surface area contributed by atoms with E-state index in [2.05, 4.69) is 24.0 Å². The first-order valence-electron chi connectivity index (χ1n) is 5.68. The predicted molar refractivity (Wildman–Crippen MR) is 65.1 cm³/mol. The Hall–Kier alpha value is 0.600. The van der Waals surface area contributed by atoms with Crippen LogP contribution in [0.3, 0.4) is 0 Å². The molecular weight excluding hydrogens is 214 g/mol. The number of hydrogen-bond donors (Lipinski definition) is 1. The van der Waals surface area contributed by atoms with Gasteiger partial charge >= 0.3 is 0 Å². The van der Waals surface area contributed by atoms with Crippen LogP contribution in [0.25, 0.3) is 0 Å². The Morgan fingerprint density at radius 2 is 1.93 bits per heavy atom. The highest BCUT2D eigenvalue weighted by Crippen LogP contribution is 2.51. The van der Waals surface area contributed by atoms with Crippen molar-refractivity contribution in [2.45, 2.75) is 49.9 Å². The molecule has 0 aromatic heterocycles. The Labute approximate surface area is 97.2 Å². The summed E-state index contributed by atoms with van der Waals surface area (Å²) in [6.07, 6.45) is 7.53. The van der Waals surface area contributed by atoms with Gasteiger partial charge in [0, 0.05) is 11.3 Å². The number of fused-ring (bicyclic) bond motifs is 2. The van der Waals surface area contributed by atoms with E-state index in [0.29, 0.717) is 10.9 Å². The predicted octanol–water partition coefficient (Wildman–Crippen LogP) is 3.04. The van der Waals surface area contributed by atoms with Crippen LogP contribution in [0, 0.1) is 11.8 Å². The van der Waals surface area contributed by atoms with Crippen LogP contribution in [0.15, 0.2) is 0 Å². The summed E-state index contributed by atoms with van der Waals surface area (Å²) in [4.78, 5) is 0. The molecule has 0 aromatic carbocycles. The van der Waals surface area contributed by atoms with Gasteiger partial charge in [-0.2, -0.15) is 0 Å². The van der Waals surface area contributed by atoms with Gasteiger partial charge < -0.3 is 0 Å². The van der Waals surface area contributed by atoms with Crippen molar-refractivity contribution in [1.82, 2.24) is 5.32 Å². The molecular formula is C11H20ClNS. The van der Waals surface area contributed by atoms with E-state index in [0.717, 1.165) is 11.8 Å². The van der Waals surface area contributed by atoms with E-state index >= 15 is 0 Å². The first-order chi connectivity index (χ1) is 6.28. The summed E-state index contributed by atoms with van der Waals surface area (Å²) < 4.78 is 0. The van der Waals surface area contributed by atoms with Crippen molar-refractivity contribution in [3.63, 3.8) is 0 Å². The Kier molecular flexibility index (Phi) is 3.07. The highest BCUT2D eigenvalue weighted by molar-refractivity contribution is 8.00. The fourth-order valence-electron chi connectivity index (χ4n) is 3.72. The lowest BCUT2D eigenvalue weighted by Crippen LogP contribution is -2.56. The molecule has 4 fully saturated rings. The molecule has 1 N–H and O–H groups in total. The van der Waals surface area contributed by atoms with E-state index in [1.807, 2.05) is 0 Å². The zero-order valence-electron chi connectivity index (χ0n) is 8.79. The number of nitrogens with one attached hydrogen (secondary N) is 1. The maximum Gasteiger partial charge on any atom is 0.0508 e. The van der Waals surface area contributed by atoms with Crippen LogP contribution in [0.1, 0.15) is 39.0 Å². The van der Waals surface area contributed by atoms with Crippen molar-refractivity contribution in [1.29, 1.82) is 0 Å². The van der Waals surface area contributed by atoms with Crippen molar-refractivity contribution in [3.8, 4) is 0 Å². The average molecular weight is 234 g/mol. The summed E-state index contributed by atoms with van der Waals surface area (Å²) in [5, 5.41) is 4.57. The van der Waals surface area contributed by atoms with Crippen LogP contribution >= 0.6 is 24.2 Å². The first kappa shape index (κ1) is 11.1. The van der Waals surface area contributed by atoms with Crippen LogP contribution in [0.5, 0.6) is 0 Å². The molecule has 2 unspecified atom stereocenters. The largest absolute Gasteiger partial charge is 0.299 e. The topological polar surface area (TPSA) is 12.0 Å². The third-order valence-electron chi connectivity index (χ3n) is 4.36. The fraction of sp³-hybridized carbons (Fsp3) is 1.00. The molecule has 1 spiro atoms. The molecule has 82 valence electrons. The Bertz CT molecular complexity index is 215. The average Bonchev–Trinajstić information content (AvgIpc) is 2.49.